The van der Waals surface area contributed by atoms with Crippen LogP contribution in [0.15, 0.2) is 36.9 Å². The number of esters is 1. The Morgan fingerprint density at radius 1 is 1.48 bits per heavy atom. The van der Waals surface area contributed by atoms with Gasteiger partial charge in [-0.2, -0.15) is 19.9 Å². The van der Waals surface area contributed by atoms with E-state index in [9.17, 15) is 4.79 Å². The molecule has 3 rings (SSSR count). The summed E-state index contributed by atoms with van der Waals surface area (Å²) in [6.45, 7) is 2.03. The highest BCUT2D eigenvalue weighted by molar-refractivity contribution is 5.88. The summed E-state index contributed by atoms with van der Waals surface area (Å²) in [5.41, 5.74) is 1.67. The number of H-pyrrole nitrogens is 1. The van der Waals surface area contributed by atoms with E-state index in [1.807, 2.05) is 6.07 Å². The third kappa shape index (κ3) is 2.50. The minimum atomic E-state index is -0.485. The number of nitrogens with zero attached hydrogens (tertiary/aromatic N) is 5. The Morgan fingerprint density at radius 2 is 2.38 bits per heavy atom. The zero-order valence-electron chi connectivity index (χ0n) is 11.2. The van der Waals surface area contributed by atoms with Crippen LogP contribution < -0.4 is 0 Å². The summed E-state index contributed by atoms with van der Waals surface area (Å²) in [6.07, 6.45) is 4.72. The smallest absolute Gasteiger partial charge is 0.358 e. The van der Waals surface area contributed by atoms with Gasteiger partial charge in [-0.15, -0.1) is 0 Å². The van der Waals surface area contributed by atoms with Crippen molar-refractivity contribution in [1.29, 1.82) is 0 Å². The molecule has 0 spiro atoms. The van der Waals surface area contributed by atoms with Gasteiger partial charge >= 0.3 is 5.97 Å². The van der Waals surface area contributed by atoms with Gasteiger partial charge in [0.2, 0.25) is 5.95 Å². The van der Waals surface area contributed by atoms with Crippen molar-refractivity contribution < 1.29 is 9.53 Å². The van der Waals surface area contributed by atoms with Crippen molar-refractivity contribution in [2.75, 3.05) is 6.61 Å². The summed E-state index contributed by atoms with van der Waals surface area (Å²) in [4.78, 5) is 20.0. The fourth-order valence-electron chi connectivity index (χ4n) is 1.87. The monoisotopic (exact) mass is 284 g/mol. The zero-order chi connectivity index (χ0) is 14.7. The molecule has 0 bridgehead atoms. The van der Waals surface area contributed by atoms with E-state index in [0.717, 1.165) is 5.56 Å². The van der Waals surface area contributed by atoms with Crippen molar-refractivity contribution in [3.05, 3.63) is 42.6 Å². The molecule has 0 saturated heterocycles. The number of aromatic nitrogens is 6. The maximum absolute atomic E-state index is 11.9. The standard InChI is InChI=1S/C13H12N6O2/c1-2-21-12(20)10-6-11(9-4-3-5-14-7-9)19(18-10)13-15-8-16-17-13/h3-8H,2H2,1H3,(H,15,16,17). The number of carbonyl (C=O) groups is 1. The van der Waals surface area contributed by atoms with Crippen molar-refractivity contribution in [3.8, 4) is 17.2 Å². The topological polar surface area (TPSA) is 98.6 Å². The molecule has 3 aromatic rings. The maximum atomic E-state index is 11.9. The van der Waals surface area contributed by atoms with E-state index in [4.69, 9.17) is 4.74 Å². The van der Waals surface area contributed by atoms with Crippen LogP contribution in [0, 0.1) is 0 Å². The molecule has 106 valence electrons. The fourth-order valence-corrected chi connectivity index (χ4v) is 1.87. The second kappa shape index (κ2) is 5.53. The maximum Gasteiger partial charge on any atom is 0.358 e. The van der Waals surface area contributed by atoms with E-state index >= 15 is 0 Å². The second-order valence-electron chi connectivity index (χ2n) is 4.10. The molecule has 3 aromatic heterocycles. The molecule has 0 aliphatic heterocycles. The molecule has 0 fully saturated rings. The Balaban J connectivity index is 2.11. The van der Waals surface area contributed by atoms with Gasteiger partial charge < -0.3 is 4.74 Å². The largest absolute Gasteiger partial charge is 0.461 e. The Kier molecular flexibility index (Phi) is 3.42. The van der Waals surface area contributed by atoms with Gasteiger partial charge in [-0.25, -0.2) is 9.89 Å². The van der Waals surface area contributed by atoms with Crippen LogP contribution in [0.5, 0.6) is 0 Å². The summed E-state index contributed by atoms with van der Waals surface area (Å²) in [7, 11) is 0. The van der Waals surface area contributed by atoms with Gasteiger partial charge in [-0.1, -0.05) is 0 Å². The highest BCUT2D eigenvalue weighted by atomic mass is 16.5. The summed E-state index contributed by atoms with van der Waals surface area (Å²) >= 11 is 0. The van der Waals surface area contributed by atoms with Gasteiger partial charge in [0.25, 0.3) is 0 Å². The number of rotatable bonds is 4. The third-order valence-corrected chi connectivity index (χ3v) is 2.75. The van der Waals surface area contributed by atoms with Crippen LogP contribution in [0.25, 0.3) is 17.2 Å². The number of hydrogen-bond donors (Lipinski definition) is 1. The van der Waals surface area contributed by atoms with Crippen molar-refractivity contribution >= 4 is 5.97 Å². The van der Waals surface area contributed by atoms with Crippen LogP contribution in [-0.2, 0) is 4.74 Å². The van der Waals surface area contributed by atoms with Gasteiger partial charge in [-0.05, 0) is 25.1 Å². The van der Waals surface area contributed by atoms with Crippen LogP contribution in [-0.4, -0.2) is 42.5 Å². The van der Waals surface area contributed by atoms with E-state index < -0.39 is 5.97 Å². The van der Waals surface area contributed by atoms with Crippen molar-refractivity contribution in [2.45, 2.75) is 6.92 Å². The minimum Gasteiger partial charge on any atom is -0.461 e. The number of nitrogens with one attached hydrogen (secondary N) is 1. The molecule has 0 amide bonds. The molecule has 0 aromatic carbocycles. The minimum absolute atomic E-state index is 0.201. The normalized spacial score (nSPS) is 10.5. The lowest BCUT2D eigenvalue weighted by atomic mass is 10.2. The van der Waals surface area contributed by atoms with Gasteiger partial charge in [0.15, 0.2) is 5.69 Å². The fraction of sp³-hybridized carbons (Fsp3) is 0.154. The van der Waals surface area contributed by atoms with Crippen molar-refractivity contribution in [3.63, 3.8) is 0 Å². The molecule has 0 unspecified atom stereocenters. The Bertz CT molecular complexity index is 735. The molecular weight excluding hydrogens is 272 g/mol. The highest BCUT2D eigenvalue weighted by Gasteiger charge is 2.18. The first-order chi connectivity index (χ1) is 10.3. The van der Waals surface area contributed by atoms with E-state index in [0.29, 0.717) is 11.6 Å². The van der Waals surface area contributed by atoms with Crippen LogP contribution in [0.1, 0.15) is 17.4 Å². The SMILES string of the molecule is CCOC(=O)c1cc(-c2cccnc2)n(-c2ncn[nH]2)n1. The van der Waals surface area contributed by atoms with E-state index in [1.165, 1.54) is 11.0 Å². The molecule has 0 aliphatic rings. The van der Waals surface area contributed by atoms with Crippen molar-refractivity contribution in [2.24, 2.45) is 0 Å². The summed E-state index contributed by atoms with van der Waals surface area (Å²) in [6, 6.07) is 5.31. The van der Waals surface area contributed by atoms with Crippen LogP contribution in [0.4, 0.5) is 0 Å². The lowest BCUT2D eigenvalue weighted by molar-refractivity contribution is 0.0519. The van der Waals surface area contributed by atoms with E-state index in [1.54, 1.807) is 31.5 Å². The quantitative estimate of drug-likeness (QED) is 0.723. The lowest BCUT2D eigenvalue weighted by Gasteiger charge is -2.02. The second-order valence-corrected chi connectivity index (χ2v) is 4.10. The number of carbonyl (C=O) groups excluding carboxylic acids is 1. The summed E-state index contributed by atoms with van der Waals surface area (Å²) < 4.78 is 6.47. The molecule has 8 heteroatoms. The molecule has 1 N–H and O–H groups in total. The van der Waals surface area contributed by atoms with E-state index in [2.05, 4.69) is 25.3 Å². The van der Waals surface area contributed by atoms with Crippen LogP contribution >= 0.6 is 0 Å². The van der Waals surface area contributed by atoms with Crippen molar-refractivity contribution in [1.82, 2.24) is 29.9 Å². The first-order valence-corrected chi connectivity index (χ1v) is 6.33. The Hall–Kier alpha value is -3.03. The van der Waals surface area contributed by atoms with Gasteiger partial charge in [-0.3, -0.25) is 4.98 Å². The number of ether oxygens (including phenoxy) is 1. The van der Waals surface area contributed by atoms with Gasteiger partial charge in [0, 0.05) is 18.0 Å². The molecule has 0 radical (unpaired) electrons. The lowest BCUT2D eigenvalue weighted by Crippen LogP contribution is -2.07. The highest BCUT2D eigenvalue weighted by Crippen LogP contribution is 2.22. The first-order valence-electron chi connectivity index (χ1n) is 6.33. The number of hydrogen-bond acceptors (Lipinski definition) is 6. The molecule has 3 heterocycles. The van der Waals surface area contributed by atoms with Crippen LogP contribution in [0.2, 0.25) is 0 Å². The molecule has 21 heavy (non-hydrogen) atoms. The number of aromatic amines is 1. The van der Waals surface area contributed by atoms with Gasteiger partial charge in [0.05, 0.1) is 12.3 Å². The molecule has 0 saturated carbocycles. The number of pyridine rings is 1. The summed E-state index contributed by atoms with van der Waals surface area (Å²) in [5, 5.41) is 10.7. The molecule has 0 atom stereocenters. The first kappa shape index (κ1) is 13.0. The average molecular weight is 284 g/mol. The third-order valence-electron chi connectivity index (χ3n) is 2.75. The molecule has 8 nitrogen and oxygen atoms in total. The predicted molar refractivity (Wildman–Crippen MR) is 72.7 cm³/mol. The zero-order valence-corrected chi connectivity index (χ0v) is 11.2. The average Bonchev–Trinajstić information content (AvgIpc) is 3.17. The molecular formula is C13H12N6O2. The Labute approximate surface area is 119 Å². The van der Waals surface area contributed by atoms with Gasteiger partial charge in [0.1, 0.15) is 6.33 Å². The molecule has 0 aliphatic carbocycles. The summed E-state index contributed by atoms with van der Waals surface area (Å²) in [5.74, 6) is -0.0784. The van der Waals surface area contributed by atoms with E-state index in [-0.39, 0.29) is 12.3 Å². The Morgan fingerprint density at radius 3 is 3.05 bits per heavy atom. The predicted octanol–water partition coefficient (Wildman–Crippen LogP) is 1.23. The van der Waals surface area contributed by atoms with Crippen LogP contribution in [0.3, 0.4) is 0 Å².